The first-order valence-electron chi connectivity index (χ1n) is 8.18. The zero-order chi connectivity index (χ0) is 19.7. The maximum absolute atomic E-state index is 13.2. The van der Waals surface area contributed by atoms with Crippen LogP contribution >= 0.6 is 22.9 Å². The summed E-state index contributed by atoms with van der Waals surface area (Å²) in [5.41, 5.74) is 1.29. The molecule has 0 radical (unpaired) electrons. The van der Waals surface area contributed by atoms with Crippen molar-refractivity contribution in [3.8, 4) is 22.2 Å². The van der Waals surface area contributed by atoms with Crippen LogP contribution in [-0.4, -0.2) is 25.6 Å². The summed E-state index contributed by atoms with van der Waals surface area (Å²) in [5, 5.41) is 6.19. The lowest BCUT2D eigenvalue weighted by Crippen LogP contribution is -2.26. The molecule has 0 saturated heterocycles. The Morgan fingerprint density at radius 3 is 2.46 bits per heavy atom. The van der Waals surface area contributed by atoms with Crippen molar-refractivity contribution in [1.82, 2.24) is 10.1 Å². The third-order valence-electron chi connectivity index (χ3n) is 4.11. The van der Waals surface area contributed by atoms with Crippen molar-refractivity contribution in [2.75, 3.05) is 11.4 Å². The van der Waals surface area contributed by atoms with Gasteiger partial charge in [0.05, 0.1) is 5.69 Å². The molecule has 0 N–H and O–H groups in total. The van der Waals surface area contributed by atoms with Gasteiger partial charge in [0.15, 0.2) is 0 Å². The number of nitrogens with zero attached hydrogens (tertiary/aromatic N) is 3. The molecule has 2 aromatic heterocycles. The predicted octanol–water partition coefficient (Wildman–Crippen LogP) is 4.94. The van der Waals surface area contributed by atoms with Crippen LogP contribution in [0.25, 0.3) is 22.2 Å². The van der Waals surface area contributed by atoms with Gasteiger partial charge in [-0.25, -0.2) is 8.42 Å². The lowest BCUT2D eigenvalue weighted by atomic mass is 10.2. The Bertz CT molecular complexity index is 1200. The first-order chi connectivity index (χ1) is 13.5. The van der Waals surface area contributed by atoms with E-state index in [2.05, 4.69) is 10.1 Å². The highest BCUT2D eigenvalue weighted by Gasteiger charge is 2.28. The summed E-state index contributed by atoms with van der Waals surface area (Å²) < 4.78 is 32.9. The normalized spacial score (nSPS) is 11.5. The van der Waals surface area contributed by atoms with Crippen molar-refractivity contribution in [3.63, 3.8) is 0 Å². The molecular weight excluding hydrogens is 418 g/mol. The lowest BCUT2D eigenvalue weighted by Gasteiger charge is -2.19. The van der Waals surface area contributed by atoms with E-state index >= 15 is 0 Å². The number of benzene rings is 2. The van der Waals surface area contributed by atoms with Crippen LogP contribution in [0.5, 0.6) is 0 Å². The summed E-state index contributed by atoms with van der Waals surface area (Å²) in [6.45, 7) is 0. The van der Waals surface area contributed by atoms with Crippen LogP contribution in [0.15, 0.2) is 75.5 Å². The van der Waals surface area contributed by atoms with Gasteiger partial charge >= 0.3 is 0 Å². The minimum Gasteiger partial charge on any atom is -0.333 e. The van der Waals surface area contributed by atoms with Crippen molar-refractivity contribution in [3.05, 3.63) is 71.1 Å². The number of hydrogen-bond donors (Lipinski definition) is 0. The van der Waals surface area contributed by atoms with Gasteiger partial charge in [0.2, 0.25) is 5.82 Å². The van der Waals surface area contributed by atoms with Gasteiger partial charge in [0.1, 0.15) is 9.77 Å². The topological polar surface area (TPSA) is 76.3 Å². The molecule has 142 valence electrons. The van der Waals surface area contributed by atoms with Gasteiger partial charge in [-0.05, 0) is 35.7 Å². The third-order valence-corrected chi connectivity index (χ3v) is 7.22. The molecule has 0 atom stereocenters. The molecule has 28 heavy (non-hydrogen) atoms. The Labute approximate surface area is 171 Å². The van der Waals surface area contributed by atoms with E-state index in [1.54, 1.807) is 29.6 Å². The fourth-order valence-corrected chi connectivity index (χ4v) is 5.25. The monoisotopic (exact) mass is 431 g/mol. The second-order valence-corrected chi connectivity index (χ2v) is 9.14. The molecule has 0 aliphatic carbocycles. The van der Waals surface area contributed by atoms with E-state index in [1.807, 2.05) is 30.3 Å². The Hall–Kier alpha value is -2.68. The number of anilines is 1. The van der Waals surface area contributed by atoms with Gasteiger partial charge < -0.3 is 4.52 Å². The molecule has 4 aromatic rings. The Morgan fingerprint density at radius 1 is 1.04 bits per heavy atom. The highest BCUT2D eigenvalue weighted by Crippen LogP contribution is 2.35. The molecule has 9 heteroatoms. The summed E-state index contributed by atoms with van der Waals surface area (Å²) in [5.74, 6) is 0.565. The molecule has 0 amide bonds. The minimum atomic E-state index is -3.82. The Kier molecular flexibility index (Phi) is 4.92. The molecule has 0 saturated carbocycles. The molecule has 4 rings (SSSR count). The molecule has 2 heterocycles. The second-order valence-electron chi connectivity index (χ2n) is 5.85. The minimum absolute atomic E-state index is 0.109. The number of aromatic nitrogens is 2. The van der Waals surface area contributed by atoms with E-state index in [4.69, 9.17) is 16.1 Å². The van der Waals surface area contributed by atoms with Crippen LogP contribution in [0.1, 0.15) is 0 Å². The maximum Gasteiger partial charge on any atom is 0.269 e. The summed E-state index contributed by atoms with van der Waals surface area (Å²) in [4.78, 5) is 4.88. The van der Waals surface area contributed by atoms with E-state index < -0.39 is 10.0 Å². The third kappa shape index (κ3) is 3.42. The largest absolute Gasteiger partial charge is 0.333 e. The Balaban J connectivity index is 1.71. The van der Waals surface area contributed by atoms with E-state index in [1.165, 1.54) is 28.8 Å². The summed E-state index contributed by atoms with van der Waals surface area (Å²) in [6, 6.07) is 17.4. The van der Waals surface area contributed by atoms with Crippen LogP contribution in [0.2, 0.25) is 5.02 Å². The first-order valence-corrected chi connectivity index (χ1v) is 10.9. The zero-order valence-corrected chi connectivity index (χ0v) is 17.0. The fraction of sp³-hybridized carbons (Fsp3) is 0.0526. The van der Waals surface area contributed by atoms with Gasteiger partial charge in [0.25, 0.3) is 15.9 Å². The smallest absolute Gasteiger partial charge is 0.269 e. The van der Waals surface area contributed by atoms with Crippen molar-refractivity contribution in [2.45, 2.75) is 4.90 Å². The molecular formula is C19H14ClN3O3S2. The molecule has 0 spiro atoms. The van der Waals surface area contributed by atoms with Crippen LogP contribution in [-0.2, 0) is 10.0 Å². The van der Waals surface area contributed by atoms with Crippen LogP contribution in [0, 0.1) is 0 Å². The molecule has 0 fully saturated rings. The molecule has 2 aromatic carbocycles. The number of sulfonamides is 1. The number of rotatable bonds is 5. The second kappa shape index (κ2) is 7.38. The fourth-order valence-electron chi connectivity index (χ4n) is 2.61. The predicted molar refractivity (Wildman–Crippen MR) is 110 cm³/mol. The van der Waals surface area contributed by atoms with Crippen LogP contribution < -0.4 is 4.31 Å². The van der Waals surface area contributed by atoms with E-state index in [0.717, 1.165) is 5.56 Å². The summed E-state index contributed by atoms with van der Waals surface area (Å²) >= 11 is 7.12. The highest BCUT2D eigenvalue weighted by atomic mass is 35.5. The molecule has 6 nitrogen and oxygen atoms in total. The summed E-state index contributed by atoms with van der Waals surface area (Å²) in [6.07, 6.45) is 0. The highest BCUT2D eigenvalue weighted by molar-refractivity contribution is 7.93. The maximum atomic E-state index is 13.2. The molecule has 0 unspecified atom stereocenters. The van der Waals surface area contributed by atoms with Crippen molar-refractivity contribution < 1.29 is 12.9 Å². The van der Waals surface area contributed by atoms with Gasteiger partial charge in [-0.3, -0.25) is 4.31 Å². The van der Waals surface area contributed by atoms with Crippen molar-refractivity contribution >= 4 is 38.6 Å². The van der Waals surface area contributed by atoms with E-state index in [9.17, 15) is 8.42 Å². The van der Waals surface area contributed by atoms with Gasteiger partial charge in [-0.15, -0.1) is 11.3 Å². The van der Waals surface area contributed by atoms with Gasteiger partial charge in [-0.1, -0.05) is 47.1 Å². The lowest BCUT2D eigenvalue weighted by molar-refractivity contribution is 0.432. The zero-order valence-electron chi connectivity index (χ0n) is 14.6. The average molecular weight is 432 g/mol. The first kappa shape index (κ1) is 18.7. The number of hydrogen-bond acceptors (Lipinski definition) is 6. The van der Waals surface area contributed by atoms with Crippen LogP contribution in [0.3, 0.4) is 0 Å². The van der Waals surface area contributed by atoms with E-state index in [-0.39, 0.29) is 10.8 Å². The van der Waals surface area contributed by atoms with Crippen molar-refractivity contribution in [2.24, 2.45) is 0 Å². The number of thiophene rings is 1. The van der Waals surface area contributed by atoms with Crippen LogP contribution in [0.4, 0.5) is 5.69 Å². The average Bonchev–Trinajstić information content (AvgIpc) is 3.38. The molecule has 0 aliphatic heterocycles. The van der Waals surface area contributed by atoms with Crippen molar-refractivity contribution in [1.29, 1.82) is 0 Å². The quantitative estimate of drug-likeness (QED) is 0.447. The van der Waals surface area contributed by atoms with E-state index in [0.29, 0.717) is 21.4 Å². The van der Waals surface area contributed by atoms with Gasteiger partial charge in [0, 0.05) is 17.6 Å². The Morgan fingerprint density at radius 2 is 1.75 bits per heavy atom. The molecule has 0 aliphatic rings. The SMILES string of the molecule is CN(c1ccc(Cl)cc1)S(=O)(=O)c1ccsc1-c1nc(-c2ccccc2)no1. The summed E-state index contributed by atoms with van der Waals surface area (Å²) in [7, 11) is -2.33. The number of halogens is 1. The van der Waals surface area contributed by atoms with Gasteiger partial charge in [-0.2, -0.15) is 4.98 Å². The molecule has 0 bridgehead atoms. The standard InChI is InChI=1S/C19H14ClN3O3S2/c1-23(15-9-7-14(20)8-10-15)28(24,25)16-11-12-27-17(16)19-21-18(22-26-19)13-5-3-2-4-6-13/h2-12H,1H3.